The Kier molecular flexibility index (Phi) is 4.02. The Morgan fingerprint density at radius 1 is 1.00 bits per heavy atom. The van der Waals surface area contributed by atoms with Crippen molar-refractivity contribution in [3.05, 3.63) is 93.8 Å². The Labute approximate surface area is 157 Å². The minimum atomic E-state index is -0.293. The molecule has 0 fully saturated rings. The maximum absolute atomic E-state index is 12.1. The average molecular weight is 355 g/mol. The van der Waals surface area contributed by atoms with Crippen LogP contribution in [-0.4, -0.2) is 0 Å². The van der Waals surface area contributed by atoms with Crippen LogP contribution in [0.1, 0.15) is 35.6 Å². The monoisotopic (exact) mass is 355 g/mol. The molecule has 1 N–H and O–H groups in total. The van der Waals surface area contributed by atoms with Crippen molar-refractivity contribution in [2.75, 3.05) is 0 Å². The van der Waals surface area contributed by atoms with Gasteiger partial charge in [0.2, 0.25) is 0 Å². The highest BCUT2D eigenvalue weighted by Crippen LogP contribution is 2.31. The van der Waals surface area contributed by atoms with Crippen molar-refractivity contribution in [3.63, 3.8) is 0 Å². The van der Waals surface area contributed by atoms with Gasteiger partial charge in [0.1, 0.15) is 5.58 Å². The summed E-state index contributed by atoms with van der Waals surface area (Å²) in [6.45, 7) is 0.648. The first-order valence-corrected chi connectivity index (χ1v) is 9.55. The van der Waals surface area contributed by atoms with Crippen LogP contribution in [0.25, 0.3) is 21.7 Å². The number of hydrogen-bond acceptors (Lipinski definition) is 3. The second kappa shape index (κ2) is 6.67. The predicted octanol–water partition coefficient (Wildman–Crippen LogP) is 5.11. The van der Waals surface area contributed by atoms with E-state index >= 15 is 0 Å². The van der Waals surface area contributed by atoms with Gasteiger partial charge >= 0.3 is 5.63 Å². The highest BCUT2D eigenvalue weighted by molar-refractivity contribution is 6.07. The Bertz CT molecular complexity index is 1190. The number of aryl methyl sites for hydroxylation is 1. The molecule has 0 saturated carbocycles. The van der Waals surface area contributed by atoms with Crippen molar-refractivity contribution in [1.82, 2.24) is 5.32 Å². The quantitative estimate of drug-likeness (QED) is 0.410. The maximum Gasteiger partial charge on any atom is 0.336 e. The van der Waals surface area contributed by atoms with Gasteiger partial charge in [0.15, 0.2) is 0 Å². The van der Waals surface area contributed by atoms with Crippen molar-refractivity contribution < 1.29 is 4.42 Å². The highest BCUT2D eigenvalue weighted by Gasteiger charge is 2.20. The summed E-state index contributed by atoms with van der Waals surface area (Å²) in [4.78, 5) is 12.1. The van der Waals surface area contributed by atoms with E-state index in [-0.39, 0.29) is 5.63 Å². The molecule has 27 heavy (non-hydrogen) atoms. The molecule has 0 saturated heterocycles. The van der Waals surface area contributed by atoms with Crippen LogP contribution in [0, 0.1) is 0 Å². The molecular formula is C24H21NO2. The average Bonchev–Trinajstić information content (AvgIpc) is 2.71. The van der Waals surface area contributed by atoms with Gasteiger partial charge in [-0.2, -0.15) is 0 Å². The fourth-order valence-corrected chi connectivity index (χ4v) is 4.36. The molecule has 0 bridgehead atoms. The zero-order chi connectivity index (χ0) is 18.2. The van der Waals surface area contributed by atoms with Gasteiger partial charge in [0.25, 0.3) is 0 Å². The summed E-state index contributed by atoms with van der Waals surface area (Å²) < 4.78 is 5.48. The van der Waals surface area contributed by atoms with E-state index in [1.165, 1.54) is 17.5 Å². The van der Waals surface area contributed by atoms with Crippen LogP contribution in [-0.2, 0) is 13.0 Å². The fourth-order valence-electron chi connectivity index (χ4n) is 4.36. The molecular weight excluding hydrogens is 334 g/mol. The van der Waals surface area contributed by atoms with Crippen molar-refractivity contribution in [1.29, 1.82) is 0 Å². The van der Waals surface area contributed by atoms with E-state index in [0.29, 0.717) is 18.2 Å². The summed E-state index contributed by atoms with van der Waals surface area (Å²) in [5, 5.41) is 7.01. The molecule has 1 aliphatic carbocycles. The van der Waals surface area contributed by atoms with Gasteiger partial charge < -0.3 is 9.73 Å². The summed E-state index contributed by atoms with van der Waals surface area (Å²) >= 11 is 0. The second-order valence-electron chi connectivity index (χ2n) is 7.28. The normalized spacial score (nSPS) is 16.5. The molecule has 3 heteroatoms. The SMILES string of the molecule is O=c1cc(CN[C@@H]2CCCc3ccccc32)c2c(ccc3ccccc32)o1. The van der Waals surface area contributed by atoms with Crippen LogP contribution in [0.2, 0.25) is 0 Å². The van der Waals surface area contributed by atoms with E-state index in [9.17, 15) is 4.79 Å². The molecule has 3 aromatic carbocycles. The summed E-state index contributed by atoms with van der Waals surface area (Å²) in [6, 6.07) is 22.8. The van der Waals surface area contributed by atoms with Gasteiger partial charge in [-0.15, -0.1) is 0 Å². The Morgan fingerprint density at radius 3 is 2.81 bits per heavy atom. The predicted molar refractivity (Wildman–Crippen MR) is 109 cm³/mol. The van der Waals surface area contributed by atoms with E-state index in [1.54, 1.807) is 6.07 Å². The second-order valence-corrected chi connectivity index (χ2v) is 7.28. The van der Waals surface area contributed by atoms with E-state index in [4.69, 9.17) is 4.42 Å². The molecule has 0 unspecified atom stereocenters. The Hall–Kier alpha value is -2.91. The third-order valence-electron chi connectivity index (χ3n) is 5.62. The molecule has 1 aliphatic rings. The van der Waals surface area contributed by atoms with Gasteiger partial charge in [-0.05, 0) is 52.8 Å². The lowest BCUT2D eigenvalue weighted by Gasteiger charge is -2.26. The lowest BCUT2D eigenvalue weighted by molar-refractivity contribution is 0.458. The zero-order valence-corrected chi connectivity index (χ0v) is 15.1. The first-order valence-electron chi connectivity index (χ1n) is 9.55. The number of rotatable bonds is 3. The number of hydrogen-bond donors (Lipinski definition) is 1. The van der Waals surface area contributed by atoms with E-state index in [1.807, 2.05) is 24.3 Å². The summed E-state index contributed by atoms with van der Waals surface area (Å²) in [5.74, 6) is 0. The third kappa shape index (κ3) is 2.94. The van der Waals surface area contributed by atoms with Crippen LogP contribution in [0.4, 0.5) is 0 Å². The van der Waals surface area contributed by atoms with Gasteiger partial charge in [-0.25, -0.2) is 4.79 Å². The number of nitrogens with one attached hydrogen (secondary N) is 1. The summed E-state index contributed by atoms with van der Waals surface area (Å²) in [6.07, 6.45) is 3.46. The van der Waals surface area contributed by atoms with Crippen LogP contribution in [0.3, 0.4) is 0 Å². The lowest BCUT2D eigenvalue weighted by atomic mass is 9.87. The van der Waals surface area contributed by atoms with Crippen molar-refractivity contribution >= 4 is 21.7 Å². The highest BCUT2D eigenvalue weighted by atomic mass is 16.4. The van der Waals surface area contributed by atoms with E-state index in [2.05, 4.69) is 41.7 Å². The fraction of sp³-hybridized carbons (Fsp3) is 0.208. The number of benzene rings is 3. The van der Waals surface area contributed by atoms with Crippen LogP contribution >= 0.6 is 0 Å². The molecule has 0 aliphatic heterocycles. The lowest BCUT2D eigenvalue weighted by Crippen LogP contribution is -2.25. The molecule has 4 aromatic rings. The molecule has 0 radical (unpaired) electrons. The van der Waals surface area contributed by atoms with Gasteiger partial charge in [-0.1, -0.05) is 54.6 Å². The van der Waals surface area contributed by atoms with E-state index < -0.39 is 0 Å². The summed E-state index contributed by atoms with van der Waals surface area (Å²) in [5.41, 5.74) is 4.19. The Morgan fingerprint density at radius 2 is 1.85 bits per heavy atom. The minimum Gasteiger partial charge on any atom is -0.423 e. The molecule has 1 aromatic heterocycles. The molecule has 0 spiro atoms. The minimum absolute atomic E-state index is 0.293. The first-order chi connectivity index (χ1) is 13.3. The molecule has 0 amide bonds. The topological polar surface area (TPSA) is 42.2 Å². The van der Waals surface area contributed by atoms with E-state index in [0.717, 1.165) is 34.6 Å². The largest absolute Gasteiger partial charge is 0.423 e. The van der Waals surface area contributed by atoms with Crippen LogP contribution in [0.5, 0.6) is 0 Å². The zero-order valence-electron chi connectivity index (χ0n) is 15.1. The summed E-state index contributed by atoms with van der Waals surface area (Å²) in [7, 11) is 0. The molecule has 3 nitrogen and oxygen atoms in total. The van der Waals surface area contributed by atoms with Crippen LogP contribution in [0.15, 0.2) is 75.9 Å². The standard InChI is InChI=1S/C24H21NO2/c26-23-14-18(15-25-21-11-5-8-16-6-1-3-9-19(16)21)24-20-10-4-2-7-17(20)12-13-22(24)27-23/h1-4,6-7,9-10,12-14,21,25H,5,8,11,15H2/t21-/m1/s1. The van der Waals surface area contributed by atoms with Crippen molar-refractivity contribution in [3.8, 4) is 0 Å². The van der Waals surface area contributed by atoms with Gasteiger partial charge in [-0.3, -0.25) is 0 Å². The molecule has 5 rings (SSSR count). The number of fused-ring (bicyclic) bond motifs is 4. The van der Waals surface area contributed by atoms with Crippen LogP contribution < -0.4 is 10.9 Å². The maximum atomic E-state index is 12.1. The van der Waals surface area contributed by atoms with Crippen molar-refractivity contribution in [2.45, 2.75) is 31.8 Å². The first kappa shape index (κ1) is 16.3. The van der Waals surface area contributed by atoms with Gasteiger partial charge in [0.05, 0.1) is 0 Å². The molecule has 134 valence electrons. The Balaban J connectivity index is 1.56. The van der Waals surface area contributed by atoms with Gasteiger partial charge in [0, 0.05) is 24.0 Å². The molecule has 1 heterocycles. The smallest absolute Gasteiger partial charge is 0.336 e. The van der Waals surface area contributed by atoms with Crippen molar-refractivity contribution in [2.24, 2.45) is 0 Å². The molecule has 1 atom stereocenters. The third-order valence-corrected chi connectivity index (χ3v) is 5.62.